The van der Waals surface area contributed by atoms with Crippen molar-refractivity contribution < 1.29 is 4.92 Å². The molecule has 1 fully saturated rings. The number of rotatable bonds is 4. The maximum Gasteiger partial charge on any atom is 0.353 e. The molecule has 8 nitrogen and oxygen atoms in total. The summed E-state index contributed by atoms with van der Waals surface area (Å²) in [5.74, 6) is 0.936. The Hall–Kier alpha value is -2.61. The molecule has 1 saturated heterocycles. The summed E-state index contributed by atoms with van der Waals surface area (Å²) < 4.78 is 0. The first-order valence-corrected chi connectivity index (χ1v) is 8.41. The van der Waals surface area contributed by atoms with Crippen molar-refractivity contribution in [2.24, 2.45) is 5.92 Å². The van der Waals surface area contributed by atoms with Gasteiger partial charge in [0.15, 0.2) is 0 Å². The highest BCUT2D eigenvalue weighted by atomic mass is 35.5. The smallest absolute Gasteiger partial charge is 0.353 e. The van der Waals surface area contributed by atoms with Crippen LogP contribution in [0.1, 0.15) is 19.8 Å². The van der Waals surface area contributed by atoms with Gasteiger partial charge >= 0.3 is 5.69 Å². The summed E-state index contributed by atoms with van der Waals surface area (Å²) in [6.07, 6.45) is 1.92. The van der Waals surface area contributed by atoms with Gasteiger partial charge in [0.2, 0.25) is 17.6 Å². The van der Waals surface area contributed by atoms with Crippen LogP contribution in [0.4, 0.5) is 29.0 Å². The molecule has 0 unspecified atom stereocenters. The van der Waals surface area contributed by atoms with E-state index in [0.29, 0.717) is 24.0 Å². The minimum Gasteiger partial charge on any atom is -0.378 e. The van der Waals surface area contributed by atoms with Crippen LogP contribution in [0.5, 0.6) is 0 Å². The number of aromatic nitrogens is 2. The van der Waals surface area contributed by atoms with E-state index < -0.39 is 4.92 Å². The lowest BCUT2D eigenvalue weighted by molar-refractivity contribution is -0.383. The van der Waals surface area contributed by atoms with Gasteiger partial charge in [0, 0.05) is 23.8 Å². The molecular weight excluding hydrogens is 344 g/mol. The van der Waals surface area contributed by atoms with Crippen LogP contribution in [0.2, 0.25) is 5.02 Å². The molecule has 0 aliphatic carbocycles. The number of anilines is 4. The van der Waals surface area contributed by atoms with Gasteiger partial charge in [-0.15, -0.1) is 0 Å². The third kappa shape index (κ3) is 3.90. The first kappa shape index (κ1) is 17.2. The minimum atomic E-state index is -0.519. The Bertz CT molecular complexity index is 775. The highest BCUT2D eigenvalue weighted by molar-refractivity contribution is 6.30. The van der Waals surface area contributed by atoms with Crippen LogP contribution in [0, 0.1) is 16.0 Å². The van der Waals surface area contributed by atoms with Crippen molar-refractivity contribution >= 4 is 40.6 Å². The number of hydrogen-bond donors (Lipinski definition) is 2. The van der Waals surface area contributed by atoms with Crippen LogP contribution < -0.4 is 16.0 Å². The molecule has 0 atom stereocenters. The fourth-order valence-corrected chi connectivity index (χ4v) is 2.92. The second-order valence-electron chi connectivity index (χ2n) is 6.16. The quantitative estimate of drug-likeness (QED) is 0.631. The molecule has 2 heterocycles. The van der Waals surface area contributed by atoms with Gasteiger partial charge in [-0.2, -0.15) is 9.97 Å². The van der Waals surface area contributed by atoms with Gasteiger partial charge in [0.25, 0.3) is 0 Å². The Morgan fingerprint density at radius 1 is 1.28 bits per heavy atom. The van der Waals surface area contributed by atoms with Crippen LogP contribution in [0.25, 0.3) is 0 Å². The molecule has 0 saturated carbocycles. The number of halogens is 1. The number of nitro groups is 1. The fraction of sp³-hybridized carbons (Fsp3) is 0.375. The Labute approximate surface area is 150 Å². The maximum atomic E-state index is 11.4. The standard InChI is InChI=1S/C16H19ClN6O2/c1-10-6-8-22(9-7-10)15-13(23(24)25)14(18)20-16(21-15)19-12-4-2-11(17)3-5-12/h2-5,10H,6-9H2,1H3,(H3,18,19,20,21). The molecule has 0 amide bonds. The molecule has 25 heavy (non-hydrogen) atoms. The van der Waals surface area contributed by atoms with Crippen molar-refractivity contribution in [3.05, 3.63) is 39.4 Å². The summed E-state index contributed by atoms with van der Waals surface area (Å²) in [5.41, 5.74) is 6.33. The molecule has 132 valence electrons. The monoisotopic (exact) mass is 362 g/mol. The second kappa shape index (κ2) is 7.10. The van der Waals surface area contributed by atoms with Crippen LogP contribution in [-0.2, 0) is 0 Å². The summed E-state index contributed by atoms with van der Waals surface area (Å²) >= 11 is 5.87. The molecule has 1 aromatic carbocycles. The second-order valence-corrected chi connectivity index (χ2v) is 6.60. The summed E-state index contributed by atoms with van der Waals surface area (Å²) in [4.78, 5) is 21.2. The third-order valence-corrected chi connectivity index (χ3v) is 4.51. The van der Waals surface area contributed by atoms with Gasteiger partial charge in [-0.3, -0.25) is 10.1 Å². The minimum absolute atomic E-state index is 0.148. The maximum absolute atomic E-state index is 11.4. The predicted octanol–water partition coefficient (Wildman–Crippen LogP) is 3.60. The average molecular weight is 363 g/mol. The largest absolute Gasteiger partial charge is 0.378 e. The molecule has 3 rings (SSSR count). The van der Waals surface area contributed by atoms with Gasteiger partial charge in [-0.25, -0.2) is 0 Å². The summed E-state index contributed by atoms with van der Waals surface area (Å²) in [5, 5.41) is 15.1. The number of nitrogens with one attached hydrogen (secondary N) is 1. The van der Waals surface area contributed by atoms with E-state index in [4.69, 9.17) is 17.3 Å². The third-order valence-electron chi connectivity index (χ3n) is 4.26. The Balaban J connectivity index is 1.95. The number of piperidine rings is 1. The molecule has 1 aliphatic heterocycles. The Morgan fingerprint density at radius 2 is 1.92 bits per heavy atom. The summed E-state index contributed by atoms with van der Waals surface area (Å²) in [6, 6.07) is 6.99. The molecule has 3 N–H and O–H groups in total. The number of hydrogen-bond acceptors (Lipinski definition) is 7. The van der Waals surface area contributed by atoms with Crippen molar-refractivity contribution in [3.8, 4) is 0 Å². The van der Waals surface area contributed by atoms with E-state index in [2.05, 4.69) is 22.2 Å². The molecule has 2 aromatic rings. The van der Waals surface area contributed by atoms with Crippen LogP contribution in [0.15, 0.2) is 24.3 Å². The number of nitrogens with zero attached hydrogens (tertiary/aromatic N) is 4. The van der Waals surface area contributed by atoms with E-state index in [1.165, 1.54) is 0 Å². The fourth-order valence-electron chi connectivity index (χ4n) is 2.79. The molecular formula is C16H19ClN6O2. The van der Waals surface area contributed by atoms with Gasteiger partial charge < -0.3 is 16.0 Å². The van der Waals surface area contributed by atoms with E-state index in [1.807, 2.05) is 4.90 Å². The molecule has 1 aliphatic rings. The zero-order valence-electron chi connectivity index (χ0n) is 13.8. The van der Waals surface area contributed by atoms with E-state index in [0.717, 1.165) is 18.5 Å². The van der Waals surface area contributed by atoms with Gasteiger partial charge in [-0.1, -0.05) is 18.5 Å². The van der Waals surface area contributed by atoms with E-state index >= 15 is 0 Å². The van der Waals surface area contributed by atoms with Crippen LogP contribution in [0.3, 0.4) is 0 Å². The lowest BCUT2D eigenvalue weighted by Gasteiger charge is -2.31. The number of benzene rings is 1. The SMILES string of the molecule is CC1CCN(c2nc(Nc3ccc(Cl)cc3)nc(N)c2[N+](=O)[O-])CC1. The first-order valence-electron chi connectivity index (χ1n) is 8.03. The Morgan fingerprint density at radius 3 is 2.52 bits per heavy atom. The molecule has 0 bridgehead atoms. The van der Waals surface area contributed by atoms with Crippen molar-refractivity contribution in [1.29, 1.82) is 0 Å². The molecule has 1 aromatic heterocycles. The molecule has 0 spiro atoms. The molecule has 0 radical (unpaired) electrons. The normalized spacial score (nSPS) is 15.2. The van der Waals surface area contributed by atoms with E-state index in [-0.39, 0.29) is 23.3 Å². The van der Waals surface area contributed by atoms with Gasteiger partial charge in [0.05, 0.1) is 4.92 Å². The van der Waals surface area contributed by atoms with Crippen molar-refractivity contribution in [3.63, 3.8) is 0 Å². The van der Waals surface area contributed by atoms with Crippen LogP contribution in [-0.4, -0.2) is 28.0 Å². The zero-order chi connectivity index (χ0) is 18.0. The highest BCUT2D eigenvalue weighted by Gasteiger charge is 2.29. The Kier molecular flexibility index (Phi) is 4.89. The average Bonchev–Trinajstić information content (AvgIpc) is 2.57. The van der Waals surface area contributed by atoms with Crippen molar-refractivity contribution in [2.75, 3.05) is 29.0 Å². The molecule has 9 heteroatoms. The summed E-state index contributed by atoms with van der Waals surface area (Å²) in [6.45, 7) is 3.59. The summed E-state index contributed by atoms with van der Waals surface area (Å²) in [7, 11) is 0. The van der Waals surface area contributed by atoms with Gasteiger partial charge in [-0.05, 0) is 43.0 Å². The van der Waals surface area contributed by atoms with E-state index in [1.54, 1.807) is 24.3 Å². The van der Waals surface area contributed by atoms with Gasteiger partial charge in [0.1, 0.15) is 0 Å². The topological polar surface area (TPSA) is 110 Å². The van der Waals surface area contributed by atoms with Crippen LogP contribution >= 0.6 is 11.6 Å². The lowest BCUT2D eigenvalue weighted by atomic mass is 9.99. The zero-order valence-corrected chi connectivity index (χ0v) is 14.5. The lowest BCUT2D eigenvalue weighted by Crippen LogP contribution is -2.34. The van der Waals surface area contributed by atoms with Crippen molar-refractivity contribution in [2.45, 2.75) is 19.8 Å². The first-order chi connectivity index (χ1) is 11.9. The number of nitrogen functional groups attached to an aromatic ring is 1. The number of nitrogens with two attached hydrogens (primary N) is 1. The highest BCUT2D eigenvalue weighted by Crippen LogP contribution is 2.34. The predicted molar refractivity (Wildman–Crippen MR) is 98.4 cm³/mol. The van der Waals surface area contributed by atoms with E-state index in [9.17, 15) is 10.1 Å². The van der Waals surface area contributed by atoms with Crippen molar-refractivity contribution in [1.82, 2.24) is 9.97 Å².